The van der Waals surface area contributed by atoms with Crippen molar-refractivity contribution < 1.29 is 9.42 Å². The van der Waals surface area contributed by atoms with Crippen LogP contribution in [0.5, 0.6) is 0 Å². The van der Waals surface area contributed by atoms with Crippen LogP contribution < -0.4 is 9.58 Å². The second-order valence-electron chi connectivity index (χ2n) is 6.57. The SMILES string of the molecule is c1ccc(-c2cc(N3CCOCC3)n[n+](CC3CCC3)c2)cc1. The molecule has 1 aliphatic carbocycles. The molecular formula is C19H24N3O+. The van der Waals surface area contributed by atoms with E-state index in [0.717, 1.165) is 44.6 Å². The molecule has 0 bridgehead atoms. The summed E-state index contributed by atoms with van der Waals surface area (Å²) in [6.07, 6.45) is 6.27. The predicted molar refractivity (Wildman–Crippen MR) is 90.2 cm³/mol. The van der Waals surface area contributed by atoms with Gasteiger partial charge in [0.1, 0.15) is 0 Å². The Morgan fingerprint density at radius 1 is 1.09 bits per heavy atom. The summed E-state index contributed by atoms with van der Waals surface area (Å²) < 4.78 is 7.64. The number of ether oxygens (including phenoxy) is 1. The van der Waals surface area contributed by atoms with Gasteiger partial charge in [-0.05, 0) is 18.4 Å². The summed E-state index contributed by atoms with van der Waals surface area (Å²) in [6.45, 7) is 4.47. The van der Waals surface area contributed by atoms with Gasteiger partial charge in [0.05, 0.1) is 18.8 Å². The smallest absolute Gasteiger partial charge is 0.204 e. The average molecular weight is 310 g/mol. The number of aromatic nitrogens is 2. The summed E-state index contributed by atoms with van der Waals surface area (Å²) >= 11 is 0. The highest BCUT2D eigenvalue weighted by Gasteiger charge is 2.25. The number of benzene rings is 1. The Kier molecular flexibility index (Phi) is 4.24. The highest BCUT2D eigenvalue weighted by Crippen LogP contribution is 2.27. The highest BCUT2D eigenvalue weighted by molar-refractivity contribution is 5.64. The van der Waals surface area contributed by atoms with Crippen LogP contribution >= 0.6 is 0 Å². The van der Waals surface area contributed by atoms with Crippen molar-refractivity contribution in [1.82, 2.24) is 5.10 Å². The molecule has 0 unspecified atom stereocenters. The Bertz CT molecular complexity index is 649. The van der Waals surface area contributed by atoms with Crippen LogP contribution in [0.25, 0.3) is 11.1 Å². The fraction of sp³-hybridized carbons (Fsp3) is 0.474. The van der Waals surface area contributed by atoms with Crippen LogP contribution in [0.2, 0.25) is 0 Å². The first-order valence-electron chi connectivity index (χ1n) is 8.68. The first-order chi connectivity index (χ1) is 11.4. The van der Waals surface area contributed by atoms with Gasteiger partial charge >= 0.3 is 0 Å². The number of anilines is 1. The third-order valence-electron chi connectivity index (χ3n) is 4.92. The maximum absolute atomic E-state index is 5.48. The Labute approximate surface area is 137 Å². The lowest BCUT2D eigenvalue weighted by Crippen LogP contribution is -2.45. The van der Waals surface area contributed by atoms with Crippen molar-refractivity contribution in [2.45, 2.75) is 25.8 Å². The van der Waals surface area contributed by atoms with Gasteiger partial charge < -0.3 is 9.64 Å². The summed E-state index contributed by atoms with van der Waals surface area (Å²) in [5.41, 5.74) is 2.51. The summed E-state index contributed by atoms with van der Waals surface area (Å²) in [7, 11) is 0. The molecule has 2 aliphatic rings. The van der Waals surface area contributed by atoms with Crippen molar-refractivity contribution in [3.05, 3.63) is 42.6 Å². The Morgan fingerprint density at radius 2 is 1.87 bits per heavy atom. The molecule has 2 heterocycles. The second-order valence-corrected chi connectivity index (χ2v) is 6.57. The van der Waals surface area contributed by atoms with Crippen molar-refractivity contribution in [3.8, 4) is 11.1 Å². The molecular weight excluding hydrogens is 286 g/mol. The van der Waals surface area contributed by atoms with Crippen molar-refractivity contribution in [1.29, 1.82) is 0 Å². The molecule has 1 saturated carbocycles. The van der Waals surface area contributed by atoms with Crippen LogP contribution in [0.3, 0.4) is 0 Å². The van der Waals surface area contributed by atoms with Gasteiger partial charge in [-0.1, -0.05) is 41.4 Å². The van der Waals surface area contributed by atoms with Gasteiger partial charge in [0.25, 0.3) is 0 Å². The summed E-state index contributed by atoms with van der Waals surface area (Å²) in [5.74, 6) is 1.88. The van der Waals surface area contributed by atoms with Gasteiger partial charge in [0.2, 0.25) is 6.20 Å². The van der Waals surface area contributed by atoms with Crippen LogP contribution in [0.1, 0.15) is 19.3 Å². The van der Waals surface area contributed by atoms with E-state index in [2.05, 4.69) is 52.2 Å². The van der Waals surface area contributed by atoms with Crippen LogP contribution in [0.4, 0.5) is 5.82 Å². The molecule has 1 aromatic carbocycles. The molecule has 1 aliphatic heterocycles. The molecule has 23 heavy (non-hydrogen) atoms. The maximum Gasteiger partial charge on any atom is 0.204 e. The highest BCUT2D eigenvalue weighted by atomic mass is 16.5. The second kappa shape index (κ2) is 6.67. The minimum Gasteiger partial charge on any atom is -0.378 e. The first kappa shape index (κ1) is 14.6. The molecule has 4 rings (SSSR count). The van der Waals surface area contributed by atoms with Gasteiger partial charge in [-0.3, -0.25) is 0 Å². The van der Waals surface area contributed by atoms with E-state index in [1.807, 2.05) is 0 Å². The van der Waals surface area contributed by atoms with Gasteiger partial charge in [0, 0.05) is 30.2 Å². The van der Waals surface area contributed by atoms with E-state index >= 15 is 0 Å². The van der Waals surface area contributed by atoms with E-state index in [1.54, 1.807) is 0 Å². The topological polar surface area (TPSA) is 29.2 Å². The van der Waals surface area contributed by atoms with Crippen molar-refractivity contribution >= 4 is 5.82 Å². The number of morpholine rings is 1. The number of hydrogen-bond donors (Lipinski definition) is 0. The third-order valence-corrected chi connectivity index (χ3v) is 4.92. The molecule has 0 radical (unpaired) electrons. The zero-order chi connectivity index (χ0) is 15.5. The van der Waals surface area contributed by atoms with Crippen molar-refractivity contribution in [3.63, 3.8) is 0 Å². The fourth-order valence-corrected chi connectivity index (χ4v) is 3.30. The molecule has 0 amide bonds. The van der Waals surface area contributed by atoms with E-state index in [4.69, 9.17) is 9.84 Å². The zero-order valence-corrected chi connectivity index (χ0v) is 13.5. The van der Waals surface area contributed by atoms with E-state index in [0.29, 0.717) is 0 Å². The predicted octanol–water partition coefficient (Wildman–Crippen LogP) is 2.67. The summed E-state index contributed by atoms with van der Waals surface area (Å²) in [4.78, 5) is 2.34. The Morgan fingerprint density at radius 3 is 2.57 bits per heavy atom. The third kappa shape index (κ3) is 3.37. The van der Waals surface area contributed by atoms with Crippen LogP contribution in [0, 0.1) is 5.92 Å². The normalized spacial score (nSPS) is 18.7. The molecule has 0 spiro atoms. The van der Waals surface area contributed by atoms with Gasteiger partial charge in [-0.15, -0.1) is 0 Å². The molecule has 1 aromatic heterocycles. The van der Waals surface area contributed by atoms with Gasteiger partial charge in [0.15, 0.2) is 12.4 Å². The minimum atomic E-state index is 0.792. The molecule has 0 atom stereocenters. The average Bonchev–Trinajstić information content (AvgIpc) is 2.59. The standard InChI is InChI=1S/C19H24N3O/c1-2-7-17(8-3-1)18-13-19(21-9-11-23-12-10-21)20-22(15-18)14-16-5-4-6-16/h1-3,7-8,13,15-16H,4-6,9-12,14H2/q+1. The van der Waals surface area contributed by atoms with Crippen molar-refractivity contribution in [2.24, 2.45) is 5.92 Å². The largest absolute Gasteiger partial charge is 0.378 e. The van der Waals surface area contributed by atoms with E-state index in [1.165, 1.54) is 30.4 Å². The fourth-order valence-electron chi connectivity index (χ4n) is 3.30. The first-order valence-corrected chi connectivity index (χ1v) is 8.68. The lowest BCUT2D eigenvalue weighted by molar-refractivity contribution is -0.759. The minimum absolute atomic E-state index is 0.792. The Hall–Kier alpha value is -1.94. The molecule has 2 aromatic rings. The van der Waals surface area contributed by atoms with Crippen LogP contribution in [-0.4, -0.2) is 31.4 Å². The quantitative estimate of drug-likeness (QED) is 0.813. The maximum atomic E-state index is 5.48. The zero-order valence-electron chi connectivity index (χ0n) is 13.5. The molecule has 120 valence electrons. The van der Waals surface area contributed by atoms with E-state index in [-0.39, 0.29) is 0 Å². The van der Waals surface area contributed by atoms with E-state index < -0.39 is 0 Å². The number of hydrogen-bond acceptors (Lipinski definition) is 3. The van der Waals surface area contributed by atoms with Gasteiger partial charge in [-0.2, -0.15) is 0 Å². The molecule has 0 N–H and O–H groups in total. The van der Waals surface area contributed by atoms with E-state index in [9.17, 15) is 0 Å². The van der Waals surface area contributed by atoms with Gasteiger partial charge in [-0.25, -0.2) is 0 Å². The van der Waals surface area contributed by atoms with Crippen molar-refractivity contribution in [2.75, 3.05) is 31.2 Å². The summed E-state index contributed by atoms with van der Waals surface area (Å²) in [5, 5.41) is 4.89. The summed E-state index contributed by atoms with van der Waals surface area (Å²) in [6, 6.07) is 12.8. The van der Waals surface area contributed by atoms with Crippen LogP contribution in [-0.2, 0) is 11.3 Å². The molecule has 1 saturated heterocycles. The molecule has 2 fully saturated rings. The monoisotopic (exact) mass is 310 g/mol. The van der Waals surface area contributed by atoms with Crippen LogP contribution in [0.15, 0.2) is 42.6 Å². The lowest BCUT2D eigenvalue weighted by atomic mass is 9.85. The number of rotatable bonds is 4. The Balaban J connectivity index is 1.67. The number of nitrogens with zero attached hydrogens (tertiary/aromatic N) is 3. The lowest BCUT2D eigenvalue weighted by Gasteiger charge is -2.27. The molecule has 4 heteroatoms. The molecule has 4 nitrogen and oxygen atoms in total.